The van der Waals surface area contributed by atoms with Crippen LogP contribution in [0.5, 0.6) is 5.75 Å². The third-order valence-electron chi connectivity index (χ3n) is 2.14. The van der Waals surface area contributed by atoms with Crippen LogP contribution >= 0.6 is 15.9 Å². The average Bonchev–Trinajstić information content (AvgIpc) is 2.63. The summed E-state index contributed by atoms with van der Waals surface area (Å²) in [6.07, 6.45) is 1.55. The first-order chi connectivity index (χ1) is 7.13. The fourth-order valence-corrected chi connectivity index (χ4v) is 2.00. The number of carbonyl (C=O) groups is 1. The number of carboxylic acids is 1. The first kappa shape index (κ1) is 10.0. The van der Waals surface area contributed by atoms with Crippen molar-refractivity contribution in [3.8, 4) is 5.75 Å². The fraction of sp³-hybridized carbons (Fsp3) is 0.100. The van der Waals surface area contributed by atoms with E-state index >= 15 is 0 Å². The molecule has 2 rings (SSSR count). The van der Waals surface area contributed by atoms with Crippen molar-refractivity contribution in [2.75, 3.05) is 7.11 Å². The third kappa shape index (κ3) is 1.59. The number of halogens is 1. The molecule has 0 aliphatic heterocycles. The quantitative estimate of drug-likeness (QED) is 0.852. The van der Waals surface area contributed by atoms with Gasteiger partial charge in [0.25, 0.3) is 0 Å². The highest BCUT2D eigenvalue weighted by atomic mass is 79.9. The van der Waals surface area contributed by atoms with Crippen LogP contribution in [0.25, 0.3) is 5.52 Å². The highest BCUT2D eigenvalue weighted by Gasteiger charge is 2.10. The zero-order chi connectivity index (χ0) is 11.0. The topological polar surface area (TPSA) is 50.9 Å². The maximum absolute atomic E-state index is 10.8. The molecule has 0 saturated carbocycles. The van der Waals surface area contributed by atoms with Gasteiger partial charge in [0.05, 0.1) is 12.7 Å². The maximum atomic E-state index is 10.8. The van der Waals surface area contributed by atoms with Crippen molar-refractivity contribution >= 4 is 27.4 Å². The molecule has 0 atom stereocenters. The molecule has 0 bridgehead atoms. The van der Waals surface area contributed by atoms with Gasteiger partial charge < -0.3 is 14.2 Å². The predicted molar refractivity (Wildman–Crippen MR) is 58.6 cm³/mol. The first-order valence-corrected chi connectivity index (χ1v) is 5.00. The van der Waals surface area contributed by atoms with Gasteiger partial charge in [-0.25, -0.2) is 4.79 Å². The number of hydrogen-bond donors (Lipinski definition) is 1. The van der Waals surface area contributed by atoms with E-state index in [9.17, 15) is 4.79 Å². The molecular weight excluding hydrogens is 262 g/mol. The van der Waals surface area contributed by atoms with Crippen molar-refractivity contribution in [1.29, 1.82) is 0 Å². The molecule has 4 nitrogen and oxygen atoms in total. The summed E-state index contributed by atoms with van der Waals surface area (Å²) in [7, 11) is 1.56. The number of pyridine rings is 1. The summed E-state index contributed by atoms with van der Waals surface area (Å²) in [4.78, 5) is 10.8. The molecule has 5 heteroatoms. The number of fused-ring (bicyclic) bond motifs is 1. The summed E-state index contributed by atoms with van der Waals surface area (Å²) in [5.74, 6) is -0.278. The van der Waals surface area contributed by atoms with Gasteiger partial charge in [-0.3, -0.25) is 0 Å². The van der Waals surface area contributed by atoms with E-state index in [-0.39, 0.29) is 5.56 Å². The van der Waals surface area contributed by atoms with Crippen LogP contribution in [-0.4, -0.2) is 22.6 Å². The van der Waals surface area contributed by atoms with Crippen molar-refractivity contribution in [2.45, 2.75) is 0 Å². The molecule has 0 aromatic carbocycles. The molecule has 0 aliphatic carbocycles. The largest absolute Gasteiger partial charge is 0.494 e. The van der Waals surface area contributed by atoms with Gasteiger partial charge in [-0.15, -0.1) is 0 Å². The monoisotopic (exact) mass is 269 g/mol. The Bertz CT molecular complexity index is 533. The number of hydrogen-bond acceptors (Lipinski definition) is 2. The summed E-state index contributed by atoms with van der Waals surface area (Å²) in [5, 5.41) is 8.84. The lowest BCUT2D eigenvalue weighted by Gasteiger charge is -2.04. The molecule has 0 fully saturated rings. The first-order valence-electron chi connectivity index (χ1n) is 4.21. The number of aromatic carboxylic acids is 1. The molecule has 15 heavy (non-hydrogen) atoms. The van der Waals surface area contributed by atoms with E-state index in [1.807, 2.05) is 0 Å². The van der Waals surface area contributed by atoms with Gasteiger partial charge >= 0.3 is 5.97 Å². The SMILES string of the molecule is COc1ccc2cc(C(=O)O)cn2c1Br. The number of carboxylic acid groups (broad SMARTS) is 1. The van der Waals surface area contributed by atoms with E-state index in [1.54, 1.807) is 35.9 Å². The Labute approximate surface area is 94.2 Å². The number of methoxy groups -OCH3 is 1. The molecule has 2 heterocycles. The molecule has 2 aromatic rings. The van der Waals surface area contributed by atoms with E-state index in [0.717, 1.165) is 5.52 Å². The van der Waals surface area contributed by atoms with E-state index in [0.29, 0.717) is 10.4 Å². The number of ether oxygens (including phenoxy) is 1. The minimum Gasteiger partial charge on any atom is -0.494 e. The Hall–Kier alpha value is -1.49. The molecule has 0 aliphatic rings. The highest BCUT2D eigenvalue weighted by molar-refractivity contribution is 9.10. The molecule has 0 spiro atoms. The lowest BCUT2D eigenvalue weighted by molar-refractivity contribution is 0.0697. The van der Waals surface area contributed by atoms with E-state index in [1.165, 1.54) is 0 Å². The molecular formula is C10H8BrNO3. The van der Waals surface area contributed by atoms with Gasteiger partial charge in [0.2, 0.25) is 0 Å². The Kier molecular flexibility index (Phi) is 2.40. The summed E-state index contributed by atoms with van der Waals surface area (Å²) in [6, 6.07) is 5.19. The Morgan fingerprint density at radius 1 is 1.53 bits per heavy atom. The Morgan fingerprint density at radius 2 is 2.27 bits per heavy atom. The molecule has 0 saturated heterocycles. The lowest BCUT2D eigenvalue weighted by Crippen LogP contribution is -1.93. The van der Waals surface area contributed by atoms with Crippen molar-refractivity contribution in [3.05, 3.63) is 34.6 Å². The smallest absolute Gasteiger partial charge is 0.337 e. The van der Waals surface area contributed by atoms with Gasteiger partial charge in [0, 0.05) is 11.7 Å². The predicted octanol–water partition coefficient (Wildman–Crippen LogP) is 2.41. The fourth-order valence-electron chi connectivity index (χ4n) is 1.40. The van der Waals surface area contributed by atoms with Crippen LogP contribution in [0.2, 0.25) is 0 Å². The van der Waals surface area contributed by atoms with E-state index in [2.05, 4.69) is 15.9 Å². The number of aromatic nitrogens is 1. The second-order valence-corrected chi connectivity index (χ2v) is 3.77. The molecule has 2 aromatic heterocycles. The van der Waals surface area contributed by atoms with Crippen LogP contribution in [0.3, 0.4) is 0 Å². The zero-order valence-corrected chi connectivity index (χ0v) is 9.48. The van der Waals surface area contributed by atoms with Gasteiger partial charge in [-0.1, -0.05) is 0 Å². The van der Waals surface area contributed by atoms with E-state index in [4.69, 9.17) is 9.84 Å². The minimum absolute atomic E-state index is 0.254. The van der Waals surface area contributed by atoms with Crippen molar-refractivity contribution < 1.29 is 14.6 Å². The molecule has 0 unspecified atom stereocenters. The minimum atomic E-state index is -0.940. The normalized spacial score (nSPS) is 10.5. The second kappa shape index (κ2) is 3.58. The summed E-state index contributed by atoms with van der Waals surface area (Å²) in [6.45, 7) is 0. The van der Waals surface area contributed by atoms with Crippen LogP contribution in [-0.2, 0) is 0 Å². The standard InChI is InChI=1S/C10H8BrNO3/c1-15-8-3-2-7-4-6(10(13)14)5-12(7)9(8)11/h2-5H,1H3,(H,13,14). The zero-order valence-electron chi connectivity index (χ0n) is 7.90. The maximum Gasteiger partial charge on any atom is 0.337 e. The van der Waals surface area contributed by atoms with Crippen molar-refractivity contribution in [3.63, 3.8) is 0 Å². The van der Waals surface area contributed by atoms with Crippen LogP contribution < -0.4 is 4.74 Å². The second-order valence-electron chi connectivity index (χ2n) is 3.02. The van der Waals surface area contributed by atoms with Crippen molar-refractivity contribution in [1.82, 2.24) is 4.40 Å². The highest BCUT2D eigenvalue weighted by Crippen LogP contribution is 2.27. The third-order valence-corrected chi connectivity index (χ3v) is 2.91. The van der Waals surface area contributed by atoms with Crippen molar-refractivity contribution in [2.24, 2.45) is 0 Å². The van der Waals surface area contributed by atoms with Crippen LogP contribution in [0, 0.1) is 0 Å². The molecule has 78 valence electrons. The van der Waals surface area contributed by atoms with E-state index < -0.39 is 5.97 Å². The van der Waals surface area contributed by atoms with Gasteiger partial charge in [0.15, 0.2) is 0 Å². The Balaban J connectivity index is 2.71. The molecule has 0 amide bonds. The van der Waals surface area contributed by atoms with Gasteiger partial charge in [-0.2, -0.15) is 0 Å². The molecule has 0 radical (unpaired) electrons. The summed E-state index contributed by atoms with van der Waals surface area (Å²) < 4.78 is 7.54. The number of nitrogens with zero attached hydrogens (tertiary/aromatic N) is 1. The van der Waals surface area contributed by atoms with Gasteiger partial charge in [-0.05, 0) is 34.1 Å². The summed E-state index contributed by atoms with van der Waals surface area (Å²) in [5.41, 5.74) is 1.06. The van der Waals surface area contributed by atoms with Crippen LogP contribution in [0.4, 0.5) is 0 Å². The Morgan fingerprint density at radius 3 is 2.87 bits per heavy atom. The van der Waals surface area contributed by atoms with Crippen LogP contribution in [0.1, 0.15) is 10.4 Å². The number of rotatable bonds is 2. The molecule has 1 N–H and O–H groups in total. The summed E-state index contributed by atoms with van der Waals surface area (Å²) >= 11 is 3.35. The van der Waals surface area contributed by atoms with Crippen LogP contribution in [0.15, 0.2) is 29.0 Å². The van der Waals surface area contributed by atoms with Gasteiger partial charge in [0.1, 0.15) is 10.4 Å². The lowest BCUT2D eigenvalue weighted by atomic mass is 10.3. The average molecular weight is 270 g/mol.